The maximum absolute atomic E-state index is 12.5. The van der Waals surface area contributed by atoms with Crippen molar-refractivity contribution < 1.29 is 13.2 Å². The fourth-order valence-electron chi connectivity index (χ4n) is 2.49. The number of carbonyl (C=O) groups is 1. The first-order valence-corrected chi connectivity index (χ1v) is 10.2. The third kappa shape index (κ3) is 5.41. The summed E-state index contributed by atoms with van der Waals surface area (Å²) in [4.78, 5) is 12.4. The van der Waals surface area contributed by atoms with Gasteiger partial charge in [0, 0.05) is 19.3 Å². The number of carbonyl (C=O) groups excluding carboxylic acids is 1. The molecule has 0 unspecified atom stereocenters. The van der Waals surface area contributed by atoms with Crippen molar-refractivity contribution in [3.63, 3.8) is 0 Å². The van der Waals surface area contributed by atoms with Gasteiger partial charge in [-0.15, -0.1) is 0 Å². The molecule has 0 aliphatic heterocycles. The summed E-state index contributed by atoms with van der Waals surface area (Å²) >= 11 is 0. The van der Waals surface area contributed by atoms with Crippen LogP contribution in [0.2, 0.25) is 0 Å². The second-order valence-corrected chi connectivity index (χ2v) is 8.46. The molecule has 2 aromatic rings. The van der Waals surface area contributed by atoms with Crippen LogP contribution in [0.4, 0.5) is 5.69 Å². The predicted molar refractivity (Wildman–Crippen MR) is 105 cm³/mol. The standard InChI is InChI=1S/C20H26N2O3S/c1-4-5-14-22(3)26(24,25)19-12-10-18(11-13-19)21-20(23)15-17-8-6-16(2)7-9-17/h6-13H,4-5,14-15H2,1-3H3,(H,21,23). The number of hydrogen-bond acceptors (Lipinski definition) is 3. The number of unbranched alkanes of at least 4 members (excludes halogenated alkanes) is 1. The van der Waals surface area contributed by atoms with E-state index in [2.05, 4.69) is 5.32 Å². The average molecular weight is 375 g/mol. The van der Waals surface area contributed by atoms with E-state index in [1.54, 1.807) is 19.2 Å². The van der Waals surface area contributed by atoms with Crippen LogP contribution >= 0.6 is 0 Å². The van der Waals surface area contributed by atoms with Crippen molar-refractivity contribution >= 4 is 21.6 Å². The molecule has 0 saturated carbocycles. The van der Waals surface area contributed by atoms with E-state index in [4.69, 9.17) is 0 Å². The van der Waals surface area contributed by atoms with Gasteiger partial charge in [0.1, 0.15) is 0 Å². The number of benzene rings is 2. The highest BCUT2D eigenvalue weighted by molar-refractivity contribution is 7.89. The number of amides is 1. The van der Waals surface area contributed by atoms with Crippen LogP contribution in [-0.4, -0.2) is 32.2 Å². The highest BCUT2D eigenvalue weighted by Gasteiger charge is 2.20. The molecular weight excluding hydrogens is 348 g/mol. The maximum Gasteiger partial charge on any atom is 0.242 e. The smallest absolute Gasteiger partial charge is 0.242 e. The Morgan fingerprint density at radius 2 is 1.65 bits per heavy atom. The number of nitrogens with zero attached hydrogens (tertiary/aromatic N) is 1. The SMILES string of the molecule is CCCCN(C)S(=O)(=O)c1ccc(NC(=O)Cc2ccc(C)cc2)cc1. The molecular formula is C20H26N2O3S. The molecule has 6 heteroatoms. The molecule has 0 atom stereocenters. The lowest BCUT2D eigenvalue weighted by atomic mass is 10.1. The Bertz CT molecular complexity index is 828. The lowest BCUT2D eigenvalue weighted by Crippen LogP contribution is -2.27. The summed E-state index contributed by atoms with van der Waals surface area (Å²) in [6.45, 7) is 4.52. The number of hydrogen-bond donors (Lipinski definition) is 1. The third-order valence-electron chi connectivity index (χ3n) is 4.16. The van der Waals surface area contributed by atoms with Crippen LogP contribution in [0.1, 0.15) is 30.9 Å². The maximum atomic E-state index is 12.5. The lowest BCUT2D eigenvalue weighted by molar-refractivity contribution is -0.115. The summed E-state index contributed by atoms with van der Waals surface area (Å²) < 4.78 is 26.3. The molecule has 2 aromatic carbocycles. The first-order chi connectivity index (χ1) is 12.3. The molecule has 5 nitrogen and oxygen atoms in total. The molecule has 1 N–H and O–H groups in total. The molecule has 0 bridgehead atoms. The number of aryl methyl sites for hydroxylation is 1. The first-order valence-electron chi connectivity index (χ1n) is 8.74. The molecule has 0 spiro atoms. The van der Waals surface area contributed by atoms with Crippen LogP contribution in [0.15, 0.2) is 53.4 Å². The molecule has 0 radical (unpaired) electrons. The summed E-state index contributed by atoms with van der Waals surface area (Å²) in [5, 5.41) is 2.80. The van der Waals surface area contributed by atoms with Gasteiger partial charge in [0.2, 0.25) is 15.9 Å². The van der Waals surface area contributed by atoms with Gasteiger partial charge in [0.05, 0.1) is 11.3 Å². The number of sulfonamides is 1. The van der Waals surface area contributed by atoms with Crippen molar-refractivity contribution in [2.24, 2.45) is 0 Å². The van der Waals surface area contributed by atoms with Gasteiger partial charge in [0.15, 0.2) is 0 Å². The van der Waals surface area contributed by atoms with Crippen molar-refractivity contribution in [1.82, 2.24) is 4.31 Å². The first kappa shape index (κ1) is 20.1. The van der Waals surface area contributed by atoms with Crippen LogP contribution in [-0.2, 0) is 21.2 Å². The van der Waals surface area contributed by atoms with Crippen molar-refractivity contribution in [3.8, 4) is 0 Å². The van der Waals surface area contributed by atoms with E-state index in [-0.39, 0.29) is 17.2 Å². The zero-order valence-electron chi connectivity index (χ0n) is 15.5. The molecule has 140 valence electrons. The van der Waals surface area contributed by atoms with Crippen LogP contribution in [0.3, 0.4) is 0 Å². The largest absolute Gasteiger partial charge is 0.326 e. The summed E-state index contributed by atoms with van der Waals surface area (Å²) in [5.74, 6) is -0.135. The molecule has 0 aliphatic rings. The average Bonchev–Trinajstić information content (AvgIpc) is 2.62. The normalized spacial score (nSPS) is 11.5. The van der Waals surface area contributed by atoms with Gasteiger partial charge in [-0.3, -0.25) is 4.79 Å². The lowest BCUT2D eigenvalue weighted by Gasteiger charge is -2.17. The van der Waals surface area contributed by atoms with Crippen molar-refractivity contribution in [2.45, 2.75) is 38.0 Å². The minimum Gasteiger partial charge on any atom is -0.326 e. The van der Waals surface area contributed by atoms with E-state index < -0.39 is 10.0 Å². The van der Waals surface area contributed by atoms with Gasteiger partial charge >= 0.3 is 0 Å². The van der Waals surface area contributed by atoms with Gasteiger partial charge in [0.25, 0.3) is 0 Å². The second kappa shape index (κ2) is 8.96. The van der Waals surface area contributed by atoms with Gasteiger partial charge in [-0.05, 0) is 43.2 Å². The molecule has 1 amide bonds. The Balaban J connectivity index is 2.00. The zero-order chi connectivity index (χ0) is 19.2. The molecule has 0 aromatic heterocycles. The van der Waals surface area contributed by atoms with Crippen LogP contribution in [0.25, 0.3) is 0 Å². The topological polar surface area (TPSA) is 66.5 Å². The van der Waals surface area contributed by atoms with E-state index in [1.807, 2.05) is 38.1 Å². The van der Waals surface area contributed by atoms with E-state index in [0.717, 1.165) is 24.0 Å². The van der Waals surface area contributed by atoms with Crippen molar-refractivity contribution in [2.75, 3.05) is 18.9 Å². The zero-order valence-corrected chi connectivity index (χ0v) is 16.3. The second-order valence-electron chi connectivity index (χ2n) is 6.42. The van der Waals surface area contributed by atoms with Crippen molar-refractivity contribution in [3.05, 3.63) is 59.7 Å². The fraction of sp³-hybridized carbons (Fsp3) is 0.350. The Hall–Kier alpha value is -2.18. The number of rotatable bonds is 8. The molecule has 2 rings (SSSR count). The molecule has 0 saturated heterocycles. The van der Waals surface area contributed by atoms with E-state index >= 15 is 0 Å². The Morgan fingerprint density at radius 3 is 2.23 bits per heavy atom. The summed E-state index contributed by atoms with van der Waals surface area (Å²) in [6, 6.07) is 14.1. The highest BCUT2D eigenvalue weighted by Crippen LogP contribution is 2.18. The Kier molecular flexibility index (Phi) is 6.94. The number of nitrogens with one attached hydrogen (secondary N) is 1. The van der Waals surface area contributed by atoms with Gasteiger partial charge in [-0.2, -0.15) is 0 Å². The van der Waals surface area contributed by atoms with Gasteiger partial charge in [-0.1, -0.05) is 43.2 Å². The van der Waals surface area contributed by atoms with Gasteiger partial charge < -0.3 is 5.32 Å². The quantitative estimate of drug-likeness (QED) is 0.768. The fourth-order valence-corrected chi connectivity index (χ4v) is 3.70. The minimum absolute atomic E-state index is 0.135. The monoisotopic (exact) mass is 374 g/mol. The van der Waals surface area contributed by atoms with E-state index in [9.17, 15) is 13.2 Å². The highest BCUT2D eigenvalue weighted by atomic mass is 32.2. The molecule has 0 heterocycles. The number of anilines is 1. The van der Waals surface area contributed by atoms with E-state index in [1.165, 1.54) is 16.4 Å². The van der Waals surface area contributed by atoms with Crippen LogP contribution in [0.5, 0.6) is 0 Å². The Morgan fingerprint density at radius 1 is 1.04 bits per heavy atom. The molecule has 0 fully saturated rings. The predicted octanol–water partition coefficient (Wildman–Crippen LogP) is 3.60. The molecule has 0 aliphatic carbocycles. The summed E-state index contributed by atoms with van der Waals surface area (Å²) in [5.41, 5.74) is 2.66. The Labute approximate surface area is 156 Å². The summed E-state index contributed by atoms with van der Waals surface area (Å²) in [7, 11) is -1.90. The summed E-state index contributed by atoms with van der Waals surface area (Å²) in [6.07, 6.45) is 2.04. The minimum atomic E-state index is -3.49. The van der Waals surface area contributed by atoms with Crippen molar-refractivity contribution in [1.29, 1.82) is 0 Å². The van der Waals surface area contributed by atoms with E-state index in [0.29, 0.717) is 12.2 Å². The third-order valence-corrected chi connectivity index (χ3v) is 6.03. The van der Waals surface area contributed by atoms with Crippen LogP contribution < -0.4 is 5.32 Å². The van der Waals surface area contributed by atoms with Crippen LogP contribution in [0, 0.1) is 6.92 Å². The van der Waals surface area contributed by atoms with Gasteiger partial charge in [-0.25, -0.2) is 12.7 Å². The molecule has 26 heavy (non-hydrogen) atoms.